The summed E-state index contributed by atoms with van der Waals surface area (Å²) < 4.78 is 38.5. The molecule has 0 aromatic carbocycles. The molecule has 1 saturated carbocycles. The topological polar surface area (TPSA) is 12.0 Å². The van der Waals surface area contributed by atoms with Gasteiger partial charge >= 0.3 is 6.18 Å². The molecule has 1 nitrogen and oxygen atoms in total. The molecule has 0 aromatic heterocycles. The van der Waals surface area contributed by atoms with Crippen LogP contribution >= 0.6 is 0 Å². The summed E-state index contributed by atoms with van der Waals surface area (Å²) in [5.74, 6) is 4.84. The highest BCUT2D eigenvalue weighted by Gasteiger charge is 2.43. The van der Waals surface area contributed by atoms with E-state index in [1.807, 2.05) is 0 Å². The van der Waals surface area contributed by atoms with E-state index < -0.39 is 12.1 Å². The van der Waals surface area contributed by atoms with Gasteiger partial charge in [0.05, 0.1) is 5.92 Å². The van der Waals surface area contributed by atoms with Crippen molar-refractivity contribution < 1.29 is 13.2 Å². The van der Waals surface area contributed by atoms with Gasteiger partial charge in [0.25, 0.3) is 0 Å². The number of halogens is 3. The zero-order valence-electron chi connectivity index (χ0n) is 11.8. The maximum atomic E-state index is 12.8. The minimum Gasteiger partial charge on any atom is -0.313 e. The molecule has 0 saturated heterocycles. The Hall–Kier alpha value is -0.690. The SMILES string of the molecule is CC#CCC(NCCC)C1CCCC(C(F)(F)F)C1. The number of rotatable bonds is 5. The van der Waals surface area contributed by atoms with Gasteiger partial charge in [0.15, 0.2) is 0 Å². The van der Waals surface area contributed by atoms with Crippen LogP contribution < -0.4 is 5.32 Å². The van der Waals surface area contributed by atoms with Crippen LogP contribution in [0.4, 0.5) is 13.2 Å². The van der Waals surface area contributed by atoms with Crippen LogP contribution in [0.1, 0.15) is 52.4 Å². The standard InChI is InChI=1S/C15H24F3N/c1-3-5-9-14(19-10-4-2)12-7-6-8-13(11-12)15(16,17)18/h12-14,19H,4,6-11H2,1-2H3. The lowest BCUT2D eigenvalue weighted by Crippen LogP contribution is -2.41. The summed E-state index contributed by atoms with van der Waals surface area (Å²) in [6.45, 7) is 4.69. The number of hydrogen-bond donors (Lipinski definition) is 1. The molecule has 0 amide bonds. The predicted molar refractivity (Wildman–Crippen MR) is 71.7 cm³/mol. The number of alkyl halides is 3. The molecule has 0 spiro atoms. The Morgan fingerprint density at radius 1 is 1.32 bits per heavy atom. The van der Waals surface area contributed by atoms with Crippen LogP contribution in [0.25, 0.3) is 0 Å². The van der Waals surface area contributed by atoms with E-state index in [0.717, 1.165) is 19.4 Å². The zero-order valence-corrected chi connectivity index (χ0v) is 11.8. The fourth-order valence-corrected chi connectivity index (χ4v) is 2.84. The molecule has 1 N–H and O–H groups in total. The van der Waals surface area contributed by atoms with Crippen molar-refractivity contribution in [2.45, 2.75) is 64.6 Å². The largest absolute Gasteiger partial charge is 0.391 e. The van der Waals surface area contributed by atoms with E-state index in [0.29, 0.717) is 19.3 Å². The molecule has 1 fully saturated rings. The van der Waals surface area contributed by atoms with Crippen molar-refractivity contribution in [1.82, 2.24) is 5.32 Å². The summed E-state index contributed by atoms with van der Waals surface area (Å²) in [6, 6.07) is 0.109. The Morgan fingerprint density at radius 2 is 2.05 bits per heavy atom. The second-order valence-electron chi connectivity index (χ2n) is 5.36. The monoisotopic (exact) mass is 275 g/mol. The van der Waals surface area contributed by atoms with Crippen LogP contribution in [0.2, 0.25) is 0 Å². The molecule has 3 atom stereocenters. The Bertz CT molecular complexity index is 314. The van der Waals surface area contributed by atoms with Crippen LogP contribution in [0.15, 0.2) is 0 Å². The van der Waals surface area contributed by atoms with Gasteiger partial charge in [-0.05, 0) is 45.1 Å². The second-order valence-corrected chi connectivity index (χ2v) is 5.36. The van der Waals surface area contributed by atoms with Crippen LogP contribution in [-0.4, -0.2) is 18.8 Å². The molecule has 0 heterocycles. The molecule has 110 valence electrons. The van der Waals surface area contributed by atoms with Crippen LogP contribution in [0.5, 0.6) is 0 Å². The minimum atomic E-state index is -4.04. The van der Waals surface area contributed by atoms with E-state index in [1.54, 1.807) is 6.92 Å². The summed E-state index contributed by atoms with van der Waals surface area (Å²) in [4.78, 5) is 0. The molecule has 1 aliphatic carbocycles. The van der Waals surface area contributed by atoms with Gasteiger partial charge in [-0.25, -0.2) is 0 Å². The number of hydrogen-bond acceptors (Lipinski definition) is 1. The second kappa shape index (κ2) is 7.79. The normalized spacial score (nSPS) is 25.5. The van der Waals surface area contributed by atoms with E-state index in [2.05, 4.69) is 24.1 Å². The summed E-state index contributed by atoms with van der Waals surface area (Å²) in [6.07, 6.45) is -0.268. The Kier molecular flexibility index (Phi) is 6.71. The molecule has 0 aliphatic heterocycles. The maximum absolute atomic E-state index is 12.8. The fraction of sp³-hybridized carbons (Fsp3) is 0.867. The lowest BCUT2D eigenvalue weighted by Gasteiger charge is -2.35. The van der Waals surface area contributed by atoms with Crippen molar-refractivity contribution in [3.63, 3.8) is 0 Å². The lowest BCUT2D eigenvalue weighted by atomic mass is 9.76. The first-order valence-electron chi connectivity index (χ1n) is 7.18. The van der Waals surface area contributed by atoms with Crippen LogP contribution in [0.3, 0.4) is 0 Å². The van der Waals surface area contributed by atoms with Gasteiger partial charge in [-0.1, -0.05) is 13.3 Å². The fourth-order valence-electron chi connectivity index (χ4n) is 2.84. The van der Waals surface area contributed by atoms with Gasteiger partial charge in [0.2, 0.25) is 0 Å². The number of nitrogens with one attached hydrogen (secondary N) is 1. The molecule has 1 rings (SSSR count). The Labute approximate surface area is 114 Å². The third-order valence-electron chi connectivity index (χ3n) is 3.90. The highest BCUT2D eigenvalue weighted by atomic mass is 19.4. The van der Waals surface area contributed by atoms with E-state index >= 15 is 0 Å². The van der Waals surface area contributed by atoms with Crippen molar-refractivity contribution in [2.75, 3.05) is 6.54 Å². The lowest BCUT2D eigenvalue weighted by molar-refractivity contribution is -0.186. The van der Waals surface area contributed by atoms with Crippen molar-refractivity contribution in [3.8, 4) is 11.8 Å². The van der Waals surface area contributed by atoms with E-state index in [4.69, 9.17) is 0 Å². The van der Waals surface area contributed by atoms with Gasteiger partial charge in [-0.3, -0.25) is 0 Å². The van der Waals surface area contributed by atoms with Crippen molar-refractivity contribution in [1.29, 1.82) is 0 Å². The quantitative estimate of drug-likeness (QED) is 0.744. The average Bonchev–Trinajstić information content (AvgIpc) is 2.38. The minimum absolute atomic E-state index is 0.104. The van der Waals surface area contributed by atoms with E-state index in [1.165, 1.54) is 0 Å². The highest BCUT2D eigenvalue weighted by Crippen LogP contribution is 2.41. The predicted octanol–water partition coefficient (Wildman–Crippen LogP) is 4.14. The summed E-state index contributed by atoms with van der Waals surface area (Å²) in [7, 11) is 0. The van der Waals surface area contributed by atoms with Gasteiger partial charge in [-0.2, -0.15) is 13.2 Å². The molecule has 0 bridgehead atoms. The molecule has 3 unspecified atom stereocenters. The van der Waals surface area contributed by atoms with E-state index in [9.17, 15) is 13.2 Å². The summed E-state index contributed by atoms with van der Waals surface area (Å²) in [5, 5.41) is 3.38. The first kappa shape index (κ1) is 16.4. The molecule has 0 radical (unpaired) electrons. The molecular weight excluding hydrogens is 251 g/mol. The van der Waals surface area contributed by atoms with Gasteiger partial charge in [0.1, 0.15) is 0 Å². The summed E-state index contributed by atoms with van der Waals surface area (Å²) in [5.41, 5.74) is 0. The van der Waals surface area contributed by atoms with Gasteiger partial charge < -0.3 is 5.32 Å². The van der Waals surface area contributed by atoms with Crippen molar-refractivity contribution in [3.05, 3.63) is 0 Å². The molecular formula is C15H24F3N. The first-order chi connectivity index (χ1) is 8.99. The van der Waals surface area contributed by atoms with Crippen LogP contribution in [-0.2, 0) is 0 Å². The summed E-state index contributed by atoms with van der Waals surface area (Å²) >= 11 is 0. The third kappa shape index (κ3) is 5.44. The molecule has 19 heavy (non-hydrogen) atoms. The van der Waals surface area contributed by atoms with Crippen LogP contribution in [0, 0.1) is 23.7 Å². The van der Waals surface area contributed by atoms with Gasteiger partial charge in [-0.15, -0.1) is 11.8 Å². The zero-order chi connectivity index (χ0) is 14.3. The average molecular weight is 275 g/mol. The highest BCUT2D eigenvalue weighted by molar-refractivity contribution is 5.00. The Morgan fingerprint density at radius 3 is 2.63 bits per heavy atom. The maximum Gasteiger partial charge on any atom is 0.391 e. The smallest absolute Gasteiger partial charge is 0.313 e. The van der Waals surface area contributed by atoms with Crippen molar-refractivity contribution >= 4 is 0 Å². The van der Waals surface area contributed by atoms with Gasteiger partial charge in [0, 0.05) is 12.5 Å². The molecule has 0 aromatic rings. The van der Waals surface area contributed by atoms with Crippen molar-refractivity contribution in [2.24, 2.45) is 11.8 Å². The third-order valence-corrected chi connectivity index (χ3v) is 3.90. The molecule has 1 aliphatic rings. The first-order valence-corrected chi connectivity index (χ1v) is 7.18. The Balaban J connectivity index is 2.63. The molecule has 4 heteroatoms. The van der Waals surface area contributed by atoms with E-state index in [-0.39, 0.29) is 18.4 Å².